The molecule has 0 spiro atoms. The second-order valence-electron chi connectivity index (χ2n) is 5.53. The molecule has 1 saturated carbocycles. The summed E-state index contributed by atoms with van der Waals surface area (Å²) in [5, 5.41) is 0.119. The lowest BCUT2D eigenvalue weighted by Gasteiger charge is -2.30. The van der Waals surface area contributed by atoms with Crippen molar-refractivity contribution in [2.24, 2.45) is 11.8 Å². The first-order valence-corrected chi connectivity index (χ1v) is 7.21. The van der Waals surface area contributed by atoms with Gasteiger partial charge in [0.25, 0.3) is 0 Å². The molecule has 2 aliphatic rings. The summed E-state index contributed by atoms with van der Waals surface area (Å²) in [5.41, 5.74) is 1.17. The zero-order valence-corrected chi connectivity index (χ0v) is 11.5. The molecule has 3 heteroatoms. The number of halogens is 1. The summed E-state index contributed by atoms with van der Waals surface area (Å²) in [5.74, 6) is 2.76. The molecule has 0 N–H and O–H groups in total. The van der Waals surface area contributed by atoms with E-state index in [2.05, 4.69) is 19.1 Å². The van der Waals surface area contributed by atoms with Crippen LogP contribution in [-0.2, 0) is 0 Å². The molecule has 1 aromatic carbocycles. The van der Waals surface area contributed by atoms with E-state index in [1.54, 1.807) is 0 Å². The van der Waals surface area contributed by atoms with Gasteiger partial charge in [-0.3, -0.25) is 0 Å². The number of ether oxygens (including phenoxy) is 2. The Morgan fingerprint density at radius 1 is 1.17 bits per heavy atom. The second kappa shape index (κ2) is 5.00. The normalized spacial score (nSPS) is 25.1. The molecular weight excluding hydrogens is 248 g/mol. The summed E-state index contributed by atoms with van der Waals surface area (Å²) in [4.78, 5) is 0. The summed E-state index contributed by atoms with van der Waals surface area (Å²) in [6, 6.07) is 6.13. The van der Waals surface area contributed by atoms with Gasteiger partial charge in [-0.15, -0.1) is 11.6 Å². The van der Waals surface area contributed by atoms with Gasteiger partial charge in [0, 0.05) is 5.92 Å². The summed E-state index contributed by atoms with van der Waals surface area (Å²) in [6.45, 7) is 3.57. The maximum absolute atomic E-state index is 6.52. The molecule has 1 aliphatic carbocycles. The van der Waals surface area contributed by atoms with E-state index in [1.807, 2.05) is 6.07 Å². The van der Waals surface area contributed by atoms with E-state index >= 15 is 0 Å². The highest BCUT2D eigenvalue weighted by Gasteiger charge is 2.27. The van der Waals surface area contributed by atoms with Crippen LogP contribution in [0.1, 0.15) is 37.1 Å². The molecule has 0 saturated heterocycles. The van der Waals surface area contributed by atoms with E-state index in [4.69, 9.17) is 21.1 Å². The van der Waals surface area contributed by atoms with Crippen LogP contribution in [0.25, 0.3) is 0 Å². The molecule has 2 nitrogen and oxygen atoms in total. The molecule has 1 aliphatic heterocycles. The van der Waals surface area contributed by atoms with Crippen LogP contribution < -0.4 is 9.47 Å². The molecule has 2 atom stereocenters. The van der Waals surface area contributed by atoms with Gasteiger partial charge in [0.05, 0.1) is 18.6 Å². The fourth-order valence-electron chi connectivity index (χ4n) is 2.45. The van der Waals surface area contributed by atoms with Crippen molar-refractivity contribution in [1.82, 2.24) is 0 Å². The Labute approximate surface area is 113 Å². The third-order valence-corrected chi connectivity index (χ3v) is 4.50. The predicted octanol–water partition coefficient (Wildman–Crippen LogP) is 4.17. The van der Waals surface area contributed by atoms with Gasteiger partial charge in [0.2, 0.25) is 0 Å². The van der Waals surface area contributed by atoms with E-state index in [0.717, 1.165) is 18.1 Å². The lowest BCUT2D eigenvalue weighted by atomic mass is 9.80. The second-order valence-corrected chi connectivity index (χ2v) is 6.00. The topological polar surface area (TPSA) is 18.5 Å². The Bertz CT molecular complexity index is 429. The van der Waals surface area contributed by atoms with Crippen LogP contribution >= 0.6 is 11.6 Å². The summed E-state index contributed by atoms with van der Waals surface area (Å²) in [7, 11) is 0. The molecule has 0 bridgehead atoms. The summed E-state index contributed by atoms with van der Waals surface area (Å²) < 4.78 is 11.5. The van der Waals surface area contributed by atoms with Crippen LogP contribution in [0.3, 0.4) is 0 Å². The number of benzene rings is 1. The Morgan fingerprint density at radius 2 is 1.89 bits per heavy atom. The van der Waals surface area contributed by atoms with Crippen LogP contribution in [0.4, 0.5) is 0 Å². The van der Waals surface area contributed by atoms with Gasteiger partial charge >= 0.3 is 0 Å². The van der Waals surface area contributed by atoms with Crippen molar-refractivity contribution in [2.75, 3.05) is 13.2 Å². The lowest BCUT2D eigenvalue weighted by Crippen LogP contribution is -2.16. The van der Waals surface area contributed by atoms with E-state index in [0.29, 0.717) is 18.4 Å². The SMILES string of the molecule is CC1COc2ccc(C(Cl)C3CCC3)cc2OC1. The molecule has 3 rings (SSSR count). The lowest BCUT2D eigenvalue weighted by molar-refractivity contribution is 0.228. The fourth-order valence-corrected chi connectivity index (χ4v) is 2.83. The molecule has 98 valence electrons. The number of fused-ring (bicyclic) bond motifs is 1. The Morgan fingerprint density at radius 3 is 2.56 bits per heavy atom. The zero-order chi connectivity index (χ0) is 12.5. The van der Waals surface area contributed by atoms with Crippen LogP contribution in [0.15, 0.2) is 18.2 Å². The third kappa shape index (κ3) is 2.31. The molecule has 0 radical (unpaired) electrons. The minimum atomic E-state index is 0.119. The average molecular weight is 267 g/mol. The molecule has 2 unspecified atom stereocenters. The number of rotatable bonds is 2. The van der Waals surface area contributed by atoms with Crippen LogP contribution in [0, 0.1) is 11.8 Å². The van der Waals surface area contributed by atoms with Gasteiger partial charge in [-0.1, -0.05) is 19.4 Å². The third-order valence-electron chi connectivity index (χ3n) is 3.90. The first-order chi connectivity index (χ1) is 8.74. The van der Waals surface area contributed by atoms with E-state index < -0.39 is 0 Å². The first kappa shape index (κ1) is 12.2. The number of alkyl halides is 1. The maximum atomic E-state index is 6.52. The molecular formula is C15H19ClO2. The van der Waals surface area contributed by atoms with E-state index in [9.17, 15) is 0 Å². The first-order valence-electron chi connectivity index (χ1n) is 6.77. The van der Waals surface area contributed by atoms with Gasteiger partial charge in [-0.25, -0.2) is 0 Å². The van der Waals surface area contributed by atoms with E-state index in [1.165, 1.54) is 24.8 Å². The van der Waals surface area contributed by atoms with Crippen molar-refractivity contribution >= 4 is 11.6 Å². The largest absolute Gasteiger partial charge is 0.489 e. The van der Waals surface area contributed by atoms with Crippen molar-refractivity contribution in [1.29, 1.82) is 0 Å². The highest BCUT2D eigenvalue weighted by atomic mass is 35.5. The average Bonchev–Trinajstić information content (AvgIpc) is 2.49. The Balaban J connectivity index is 1.81. The number of hydrogen-bond acceptors (Lipinski definition) is 2. The Kier molecular flexibility index (Phi) is 3.38. The molecule has 0 amide bonds. The molecule has 0 aromatic heterocycles. The monoisotopic (exact) mass is 266 g/mol. The fraction of sp³-hybridized carbons (Fsp3) is 0.600. The van der Waals surface area contributed by atoms with Gasteiger partial charge < -0.3 is 9.47 Å². The highest BCUT2D eigenvalue weighted by molar-refractivity contribution is 6.21. The number of hydrogen-bond donors (Lipinski definition) is 0. The van der Waals surface area contributed by atoms with E-state index in [-0.39, 0.29) is 5.38 Å². The quantitative estimate of drug-likeness (QED) is 0.748. The van der Waals surface area contributed by atoms with Crippen molar-refractivity contribution < 1.29 is 9.47 Å². The van der Waals surface area contributed by atoms with Crippen LogP contribution in [0.2, 0.25) is 0 Å². The minimum absolute atomic E-state index is 0.119. The van der Waals surface area contributed by atoms with Crippen LogP contribution in [0.5, 0.6) is 11.5 Å². The van der Waals surface area contributed by atoms with Crippen molar-refractivity contribution in [3.63, 3.8) is 0 Å². The Hall–Kier alpha value is -0.890. The van der Waals surface area contributed by atoms with Crippen LogP contribution in [-0.4, -0.2) is 13.2 Å². The summed E-state index contributed by atoms with van der Waals surface area (Å²) >= 11 is 6.52. The standard InChI is InChI=1S/C15H19ClO2/c1-10-8-17-13-6-5-12(7-14(13)18-9-10)15(16)11-3-2-4-11/h5-7,10-11,15H,2-4,8-9H2,1H3. The van der Waals surface area contributed by atoms with Crippen molar-refractivity contribution in [2.45, 2.75) is 31.6 Å². The summed E-state index contributed by atoms with van der Waals surface area (Å²) in [6.07, 6.45) is 3.81. The molecule has 1 heterocycles. The van der Waals surface area contributed by atoms with Gasteiger partial charge in [0.1, 0.15) is 0 Å². The highest BCUT2D eigenvalue weighted by Crippen LogP contribution is 2.44. The molecule has 1 fully saturated rings. The minimum Gasteiger partial charge on any atom is -0.489 e. The van der Waals surface area contributed by atoms with Gasteiger partial charge in [-0.05, 0) is 36.5 Å². The zero-order valence-electron chi connectivity index (χ0n) is 10.7. The smallest absolute Gasteiger partial charge is 0.161 e. The van der Waals surface area contributed by atoms with Crippen molar-refractivity contribution in [3.8, 4) is 11.5 Å². The predicted molar refractivity (Wildman–Crippen MR) is 72.5 cm³/mol. The molecule has 18 heavy (non-hydrogen) atoms. The van der Waals surface area contributed by atoms with Gasteiger partial charge in [0.15, 0.2) is 11.5 Å². The molecule has 1 aromatic rings. The van der Waals surface area contributed by atoms with Crippen molar-refractivity contribution in [3.05, 3.63) is 23.8 Å². The maximum Gasteiger partial charge on any atom is 0.161 e. The van der Waals surface area contributed by atoms with Gasteiger partial charge in [-0.2, -0.15) is 0 Å².